The van der Waals surface area contributed by atoms with Crippen molar-refractivity contribution in [1.29, 1.82) is 0 Å². The lowest BCUT2D eigenvalue weighted by atomic mass is 9.98. The molecule has 1 amide bonds. The van der Waals surface area contributed by atoms with Crippen molar-refractivity contribution in [2.75, 3.05) is 19.6 Å². The van der Waals surface area contributed by atoms with Gasteiger partial charge in [0.2, 0.25) is 5.91 Å². The van der Waals surface area contributed by atoms with Gasteiger partial charge in [0.15, 0.2) is 0 Å². The summed E-state index contributed by atoms with van der Waals surface area (Å²) in [5, 5.41) is 0.455. The third-order valence-corrected chi connectivity index (χ3v) is 5.18. The van der Waals surface area contributed by atoms with Crippen LogP contribution in [0.25, 0.3) is 0 Å². The maximum Gasteiger partial charge on any atom is 0.222 e. The number of piperidine rings is 1. The van der Waals surface area contributed by atoms with Gasteiger partial charge in [-0.3, -0.25) is 9.69 Å². The number of benzene rings is 1. The quantitative estimate of drug-likeness (QED) is 0.814. The predicted octanol–water partition coefficient (Wildman–Crippen LogP) is 3.85. The minimum atomic E-state index is -0.274. The molecule has 0 aliphatic carbocycles. The lowest BCUT2D eigenvalue weighted by Crippen LogP contribution is -2.41. The highest BCUT2D eigenvalue weighted by atomic mass is 35.5. The molecule has 0 spiro atoms. The van der Waals surface area contributed by atoms with Crippen molar-refractivity contribution >= 4 is 17.5 Å². The van der Waals surface area contributed by atoms with Crippen LogP contribution < -0.4 is 0 Å². The Hall–Kier alpha value is -1.13. The third-order valence-electron chi connectivity index (χ3n) is 4.96. The van der Waals surface area contributed by atoms with Crippen LogP contribution >= 0.6 is 11.6 Å². The smallest absolute Gasteiger partial charge is 0.222 e. The van der Waals surface area contributed by atoms with E-state index in [0.717, 1.165) is 51.0 Å². The zero-order valence-corrected chi connectivity index (χ0v) is 14.2. The van der Waals surface area contributed by atoms with E-state index < -0.39 is 0 Å². The molecule has 3 rings (SSSR count). The number of rotatable bonds is 5. The summed E-state index contributed by atoms with van der Waals surface area (Å²) in [5.74, 6) is 0.0213. The Morgan fingerprint density at radius 1 is 1.17 bits per heavy atom. The third kappa shape index (κ3) is 4.45. The molecule has 0 aromatic heterocycles. The van der Waals surface area contributed by atoms with Crippen molar-refractivity contribution in [2.24, 2.45) is 0 Å². The highest BCUT2D eigenvalue weighted by Gasteiger charge is 2.25. The van der Waals surface area contributed by atoms with Gasteiger partial charge in [-0.25, -0.2) is 4.39 Å². The molecular weight excluding hydrogens is 315 g/mol. The standard InChI is InChI=1S/C18H24ClFN2O/c19-15-10-14(11-16(20)12-15)13-22-7-2-1-4-17(22)6-9-21-8-3-5-18(21)23/h10-12,17H,1-9,13H2/t17-/m0/s1. The van der Waals surface area contributed by atoms with Crippen molar-refractivity contribution in [2.45, 2.75) is 51.1 Å². The van der Waals surface area contributed by atoms with Crippen LogP contribution in [0.4, 0.5) is 4.39 Å². The second-order valence-corrected chi connectivity index (χ2v) is 7.11. The molecular formula is C18H24ClFN2O. The van der Waals surface area contributed by atoms with E-state index in [1.54, 1.807) is 6.07 Å². The van der Waals surface area contributed by atoms with Crippen LogP contribution in [0.2, 0.25) is 5.02 Å². The van der Waals surface area contributed by atoms with Gasteiger partial charge in [-0.1, -0.05) is 18.0 Å². The fourth-order valence-electron chi connectivity index (χ4n) is 3.78. The lowest BCUT2D eigenvalue weighted by molar-refractivity contribution is -0.127. The molecule has 0 unspecified atom stereocenters. The van der Waals surface area contributed by atoms with Crippen LogP contribution in [-0.4, -0.2) is 41.4 Å². The topological polar surface area (TPSA) is 23.6 Å². The largest absolute Gasteiger partial charge is 0.343 e. The average molecular weight is 339 g/mol. The lowest BCUT2D eigenvalue weighted by Gasteiger charge is -2.36. The van der Waals surface area contributed by atoms with Crippen LogP contribution in [-0.2, 0) is 11.3 Å². The Balaban J connectivity index is 1.60. The van der Waals surface area contributed by atoms with Crippen molar-refractivity contribution in [3.05, 3.63) is 34.6 Å². The Morgan fingerprint density at radius 3 is 2.78 bits per heavy atom. The van der Waals surface area contributed by atoms with E-state index >= 15 is 0 Å². The van der Waals surface area contributed by atoms with Gasteiger partial charge in [0, 0.05) is 37.1 Å². The van der Waals surface area contributed by atoms with Gasteiger partial charge in [0.25, 0.3) is 0 Å². The Kier molecular flexibility index (Phi) is 5.54. The van der Waals surface area contributed by atoms with Gasteiger partial charge in [0.1, 0.15) is 5.82 Å². The number of nitrogens with zero attached hydrogens (tertiary/aromatic N) is 2. The summed E-state index contributed by atoms with van der Waals surface area (Å²) in [6.07, 6.45) is 6.28. The van der Waals surface area contributed by atoms with Crippen LogP contribution in [0.15, 0.2) is 18.2 Å². The number of carbonyl (C=O) groups is 1. The van der Waals surface area contributed by atoms with Gasteiger partial charge in [-0.15, -0.1) is 0 Å². The molecule has 2 aliphatic heterocycles. The van der Waals surface area contributed by atoms with Gasteiger partial charge < -0.3 is 4.90 Å². The van der Waals surface area contributed by atoms with Crippen LogP contribution in [0, 0.1) is 5.82 Å². The Bertz CT molecular complexity index is 546. The monoisotopic (exact) mass is 338 g/mol. The first-order chi connectivity index (χ1) is 11.1. The molecule has 5 heteroatoms. The molecule has 2 aliphatic rings. The number of amides is 1. The van der Waals surface area contributed by atoms with Crippen molar-refractivity contribution in [1.82, 2.24) is 9.80 Å². The fourth-order valence-corrected chi connectivity index (χ4v) is 4.02. The molecule has 0 bridgehead atoms. The summed E-state index contributed by atoms with van der Waals surface area (Å²) >= 11 is 5.96. The molecule has 0 saturated carbocycles. The zero-order valence-electron chi connectivity index (χ0n) is 13.4. The van der Waals surface area contributed by atoms with Crippen molar-refractivity contribution < 1.29 is 9.18 Å². The maximum atomic E-state index is 13.5. The highest BCUT2D eigenvalue weighted by molar-refractivity contribution is 6.30. The van der Waals surface area contributed by atoms with Crippen LogP contribution in [0.1, 0.15) is 44.1 Å². The molecule has 126 valence electrons. The number of likely N-dealkylation sites (tertiary alicyclic amines) is 2. The molecule has 0 N–H and O–H groups in total. The Labute approximate surface area is 142 Å². The summed E-state index contributed by atoms with van der Waals surface area (Å²) in [4.78, 5) is 16.2. The summed E-state index contributed by atoms with van der Waals surface area (Å²) in [6.45, 7) is 3.53. The molecule has 3 nitrogen and oxygen atoms in total. The van der Waals surface area contributed by atoms with Crippen LogP contribution in [0.5, 0.6) is 0 Å². The van der Waals surface area contributed by atoms with Gasteiger partial charge in [-0.2, -0.15) is 0 Å². The zero-order chi connectivity index (χ0) is 16.2. The van der Waals surface area contributed by atoms with E-state index in [-0.39, 0.29) is 5.82 Å². The molecule has 1 aromatic carbocycles. The van der Waals surface area contributed by atoms with Crippen LogP contribution in [0.3, 0.4) is 0 Å². The van der Waals surface area contributed by atoms with E-state index in [9.17, 15) is 9.18 Å². The average Bonchev–Trinajstić information content (AvgIpc) is 2.91. The SMILES string of the molecule is O=C1CCCN1CC[C@@H]1CCCCN1Cc1cc(F)cc(Cl)c1. The number of hydrogen-bond donors (Lipinski definition) is 0. The minimum absolute atomic E-state index is 0.274. The van der Waals surface area contributed by atoms with Crippen molar-refractivity contribution in [3.8, 4) is 0 Å². The van der Waals surface area contributed by atoms with E-state index in [4.69, 9.17) is 11.6 Å². The molecule has 1 atom stereocenters. The fraction of sp³-hybridized carbons (Fsp3) is 0.611. The summed E-state index contributed by atoms with van der Waals surface area (Å²) in [6, 6.07) is 5.23. The Morgan fingerprint density at radius 2 is 2.04 bits per heavy atom. The molecule has 2 fully saturated rings. The molecule has 2 heterocycles. The van der Waals surface area contributed by atoms with E-state index in [2.05, 4.69) is 4.90 Å². The summed E-state index contributed by atoms with van der Waals surface area (Å²) in [5.41, 5.74) is 0.930. The highest BCUT2D eigenvalue weighted by Crippen LogP contribution is 2.24. The van der Waals surface area contributed by atoms with E-state index in [0.29, 0.717) is 23.4 Å². The summed E-state index contributed by atoms with van der Waals surface area (Å²) < 4.78 is 13.5. The normalized spacial score (nSPS) is 22.8. The predicted molar refractivity (Wildman–Crippen MR) is 89.9 cm³/mol. The number of carbonyl (C=O) groups excluding carboxylic acids is 1. The number of hydrogen-bond acceptors (Lipinski definition) is 2. The molecule has 2 saturated heterocycles. The summed E-state index contributed by atoms with van der Waals surface area (Å²) in [7, 11) is 0. The van der Waals surface area contributed by atoms with Gasteiger partial charge in [-0.05, 0) is 56.0 Å². The number of halogens is 2. The first kappa shape index (κ1) is 16.7. The second-order valence-electron chi connectivity index (χ2n) is 6.67. The molecule has 23 heavy (non-hydrogen) atoms. The first-order valence-electron chi connectivity index (χ1n) is 8.58. The first-order valence-corrected chi connectivity index (χ1v) is 8.96. The van der Waals surface area contributed by atoms with Gasteiger partial charge >= 0.3 is 0 Å². The van der Waals surface area contributed by atoms with Crippen molar-refractivity contribution in [3.63, 3.8) is 0 Å². The molecule has 0 radical (unpaired) electrons. The minimum Gasteiger partial charge on any atom is -0.343 e. The van der Waals surface area contributed by atoms with E-state index in [1.807, 2.05) is 11.0 Å². The van der Waals surface area contributed by atoms with Gasteiger partial charge in [0.05, 0.1) is 0 Å². The second kappa shape index (κ2) is 7.63. The van der Waals surface area contributed by atoms with E-state index in [1.165, 1.54) is 18.9 Å². The molecule has 1 aromatic rings. The maximum absolute atomic E-state index is 13.5.